The predicted molar refractivity (Wildman–Crippen MR) is 71.8 cm³/mol. The van der Waals surface area contributed by atoms with Crippen LogP contribution in [0.1, 0.15) is 40.0 Å². The minimum atomic E-state index is -0.153. The quantitative estimate of drug-likeness (QED) is 0.674. The maximum absolute atomic E-state index is 11.8. The van der Waals surface area contributed by atoms with Crippen LogP contribution in [0.25, 0.3) is 0 Å². The molecule has 4 nitrogen and oxygen atoms in total. The van der Waals surface area contributed by atoms with Gasteiger partial charge in [0, 0.05) is 25.3 Å². The Morgan fingerprint density at radius 3 is 2.61 bits per heavy atom. The molecule has 1 aliphatic carbocycles. The van der Waals surface area contributed by atoms with E-state index < -0.39 is 0 Å². The summed E-state index contributed by atoms with van der Waals surface area (Å²) in [4.78, 5) is 12.6. The van der Waals surface area contributed by atoms with Gasteiger partial charge in [-0.05, 0) is 18.2 Å². The molecule has 0 spiro atoms. The minimum absolute atomic E-state index is 0.153. The van der Waals surface area contributed by atoms with Gasteiger partial charge in [0.2, 0.25) is 0 Å². The summed E-state index contributed by atoms with van der Waals surface area (Å²) in [6, 6.07) is 0. The lowest BCUT2D eigenvalue weighted by atomic mass is 9.93. The SMILES string of the molecule is CN=N/C(=C1/OC2=C(S1)C(=O)CCC2)C(C)(C)C. The summed E-state index contributed by atoms with van der Waals surface area (Å²) in [5, 5.41) is 8.75. The second-order valence-electron chi connectivity index (χ2n) is 5.42. The Balaban J connectivity index is 2.35. The molecular weight excluding hydrogens is 248 g/mol. The van der Waals surface area contributed by atoms with Crippen LogP contribution in [0.5, 0.6) is 0 Å². The molecule has 0 unspecified atom stereocenters. The van der Waals surface area contributed by atoms with Crippen molar-refractivity contribution in [1.29, 1.82) is 0 Å². The van der Waals surface area contributed by atoms with E-state index in [4.69, 9.17) is 4.74 Å². The van der Waals surface area contributed by atoms with Crippen molar-refractivity contribution in [3.05, 3.63) is 21.5 Å². The number of rotatable bonds is 1. The van der Waals surface area contributed by atoms with Gasteiger partial charge in [0.15, 0.2) is 10.9 Å². The highest BCUT2D eigenvalue weighted by Crippen LogP contribution is 2.48. The zero-order valence-electron chi connectivity index (χ0n) is 11.2. The van der Waals surface area contributed by atoms with Crippen LogP contribution in [0.3, 0.4) is 0 Å². The van der Waals surface area contributed by atoms with Gasteiger partial charge in [-0.2, -0.15) is 10.2 Å². The van der Waals surface area contributed by atoms with Crippen LogP contribution in [0.15, 0.2) is 31.7 Å². The van der Waals surface area contributed by atoms with E-state index >= 15 is 0 Å². The van der Waals surface area contributed by atoms with E-state index in [2.05, 4.69) is 31.0 Å². The van der Waals surface area contributed by atoms with E-state index in [0.717, 1.165) is 29.2 Å². The molecular formula is C13H18N2O2S. The maximum Gasteiger partial charge on any atom is 0.189 e. The molecule has 5 heteroatoms. The van der Waals surface area contributed by atoms with Gasteiger partial charge < -0.3 is 4.74 Å². The Morgan fingerprint density at radius 1 is 1.33 bits per heavy atom. The summed E-state index contributed by atoms with van der Waals surface area (Å²) in [6.45, 7) is 6.19. The van der Waals surface area contributed by atoms with Gasteiger partial charge in [0.1, 0.15) is 11.5 Å². The average Bonchev–Trinajstić information content (AvgIpc) is 2.69. The third-order valence-electron chi connectivity index (χ3n) is 2.83. The number of thioether (sulfide) groups is 1. The Hall–Kier alpha value is -1.10. The molecule has 2 aliphatic rings. The third kappa shape index (κ3) is 2.51. The van der Waals surface area contributed by atoms with E-state index in [1.54, 1.807) is 7.05 Å². The number of hydrogen-bond acceptors (Lipinski definition) is 5. The van der Waals surface area contributed by atoms with Crippen LogP contribution in [0, 0.1) is 5.41 Å². The lowest BCUT2D eigenvalue weighted by Gasteiger charge is -2.19. The molecule has 1 aliphatic heterocycles. The molecule has 18 heavy (non-hydrogen) atoms. The van der Waals surface area contributed by atoms with Crippen molar-refractivity contribution in [1.82, 2.24) is 0 Å². The molecule has 98 valence electrons. The summed E-state index contributed by atoms with van der Waals surface area (Å²) in [6.07, 6.45) is 2.35. The molecule has 0 fully saturated rings. The molecule has 0 radical (unpaired) electrons. The first-order chi connectivity index (χ1) is 8.43. The monoisotopic (exact) mass is 266 g/mol. The summed E-state index contributed by atoms with van der Waals surface area (Å²) in [5.74, 6) is 1.01. The highest BCUT2D eigenvalue weighted by atomic mass is 32.2. The third-order valence-corrected chi connectivity index (χ3v) is 3.95. The number of allylic oxidation sites excluding steroid dienone is 3. The first kappa shape index (κ1) is 13.3. The van der Waals surface area contributed by atoms with Crippen molar-refractivity contribution < 1.29 is 9.53 Å². The van der Waals surface area contributed by atoms with Crippen LogP contribution in [0.4, 0.5) is 0 Å². The van der Waals surface area contributed by atoms with Gasteiger partial charge in [0.05, 0.1) is 4.91 Å². The van der Waals surface area contributed by atoms with Crippen molar-refractivity contribution in [3.63, 3.8) is 0 Å². The number of hydrogen-bond donors (Lipinski definition) is 0. The predicted octanol–water partition coefficient (Wildman–Crippen LogP) is 4.01. The average molecular weight is 266 g/mol. The molecule has 0 saturated heterocycles. The second kappa shape index (κ2) is 4.88. The van der Waals surface area contributed by atoms with Crippen molar-refractivity contribution in [2.24, 2.45) is 15.6 Å². The number of azo groups is 1. The van der Waals surface area contributed by atoms with Gasteiger partial charge in [-0.3, -0.25) is 4.79 Å². The topological polar surface area (TPSA) is 51.0 Å². The van der Waals surface area contributed by atoms with Crippen LogP contribution >= 0.6 is 11.8 Å². The molecule has 0 aromatic rings. The first-order valence-electron chi connectivity index (χ1n) is 6.10. The second-order valence-corrected chi connectivity index (χ2v) is 6.40. The molecule has 0 aromatic heterocycles. The highest BCUT2D eigenvalue weighted by Gasteiger charge is 2.34. The molecule has 0 aromatic carbocycles. The fourth-order valence-electron chi connectivity index (χ4n) is 1.92. The Bertz CT molecular complexity index is 470. The Labute approximate surface area is 112 Å². The summed E-state index contributed by atoms with van der Waals surface area (Å²) >= 11 is 1.41. The number of ketones is 1. The Kier molecular flexibility index (Phi) is 3.61. The van der Waals surface area contributed by atoms with Gasteiger partial charge in [0.25, 0.3) is 0 Å². The van der Waals surface area contributed by atoms with E-state index in [-0.39, 0.29) is 11.2 Å². The van der Waals surface area contributed by atoms with Gasteiger partial charge in [-0.1, -0.05) is 20.8 Å². The number of ether oxygens (including phenoxy) is 1. The Morgan fingerprint density at radius 2 is 2.06 bits per heavy atom. The lowest BCUT2D eigenvalue weighted by molar-refractivity contribution is -0.115. The van der Waals surface area contributed by atoms with Crippen LogP contribution in [-0.4, -0.2) is 12.8 Å². The van der Waals surface area contributed by atoms with Crippen molar-refractivity contribution in [2.75, 3.05) is 7.05 Å². The highest BCUT2D eigenvalue weighted by molar-refractivity contribution is 8.07. The van der Waals surface area contributed by atoms with Crippen molar-refractivity contribution in [3.8, 4) is 0 Å². The number of Topliss-reactive ketones (excluding diaryl/α,β-unsaturated/α-hetero) is 1. The summed E-state index contributed by atoms with van der Waals surface area (Å²) in [5.41, 5.74) is 0.650. The van der Waals surface area contributed by atoms with E-state index in [9.17, 15) is 4.79 Å². The van der Waals surface area contributed by atoms with E-state index in [1.807, 2.05) is 0 Å². The molecule has 0 atom stereocenters. The molecule has 1 heterocycles. The standard InChI is InChI=1S/C13H18N2O2S/c1-13(2,3)11(15-14-4)12-17-9-7-5-6-8(16)10(9)18-12/h5-7H2,1-4H3/b12-11-,15-14?. The first-order valence-corrected chi connectivity index (χ1v) is 6.92. The van der Waals surface area contributed by atoms with Gasteiger partial charge in [-0.15, -0.1) is 0 Å². The fraction of sp³-hybridized carbons (Fsp3) is 0.615. The fourth-order valence-corrected chi connectivity index (χ4v) is 3.17. The molecule has 0 saturated carbocycles. The van der Waals surface area contributed by atoms with Crippen LogP contribution < -0.4 is 0 Å². The maximum atomic E-state index is 11.8. The molecule has 0 N–H and O–H groups in total. The van der Waals surface area contributed by atoms with Gasteiger partial charge >= 0.3 is 0 Å². The summed E-state index contributed by atoms with van der Waals surface area (Å²) < 4.78 is 5.82. The van der Waals surface area contributed by atoms with E-state index in [0.29, 0.717) is 11.5 Å². The van der Waals surface area contributed by atoms with Crippen molar-refractivity contribution in [2.45, 2.75) is 40.0 Å². The van der Waals surface area contributed by atoms with Gasteiger partial charge in [-0.25, -0.2) is 0 Å². The lowest BCUT2D eigenvalue weighted by Crippen LogP contribution is -2.09. The molecule has 0 amide bonds. The molecule has 2 rings (SSSR count). The zero-order valence-corrected chi connectivity index (χ0v) is 12.1. The summed E-state index contributed by atoms with van der Waals surface area (Å²) in [7, 11) is 1.64. The van der Waals surface area contributed by atoms with Crippen LogP contribution in [-0.2, 0) is 9.53 Å². The number of carbonyl (C=O) groups excluding carboxylic acids is 1. The van der Waals surface area contributed by atoms with Crippen LogP contribution in [0.2, 0.25) is 0 Å². The molecule has 0 bridgehead atoms. The van der Waals surface area contributed by atoms with Crippen molar-refractivity contribution >= 4 is 17.5 Å². The number of nitrogens with zero attached hydrogens (tertiary/aromatic N) is 2. The largest absolute Gasteiger partial charge is 0.451 e. The smallest absolute Gasteiger partial charge is 0.189 e. The minimum Gasteiger partial charge on any atom is -0.451 e. The van der Waals surface area contributed by atoms with E-state index in [1.165, 1.54) is 11.8 Å². The normalized spacial score (nSPS) is 23.4. The zero-order chi connectivity index (χ0) is 13.3. The number of carbonyl (C=O) groups is 1.